The predicted octanol–water partition coefficient (Wildman–Crippen LogP) is 3.30. The number of methoxy groups -OCH3 is 1. The van der Waals surface area contributed by atoms with Crippen LogP contribution in [0.15, 0.2) is 18.2 Å². The quantitative estimate of drug-likeness (QED) is 0.605. The highest BCUT2D eigenvalue weighted by Gasteiger charge is 2.17. The number of benzene rings is 1. The van der Waals surface area contributed by atoms with E-state index >= 15 is 0 Å². The van der Waals surface area contributed by atoms with Gasteiger partial charge in [0.05, 0.1) is 7.11 Å². The molecule has 0 aliphatic heterocycles. The third kappa shape index (κ3) is 3.81. The van der Waals surface area contributed by atoms with Gasteiger partial charge in [-0.1, -0.05) is 19.9 Å². The summed E-state index contributed by atoms with van der Waals surface area (Å²) in [6, 6.07) is 5.29. The van der Waals surface area contributed by atoms with E-state index in [2.05, 4.69) is 18.6 Å². The van der Waals surface area contributed by atoms with Crippen LogP contribution >= 0.6 is 0 Å². The molecule has 0 radical (unpaired) electrons. The van der Waals surface area contributed by atoms with E-state index in [1.54, 1.807) is 12.1 Å². The van der Waals surface area contributed by atoms with Gasteiger partial charge in [0.2, 0.25) is 0 Å². The van der Waals surface area contributed by atoms with Gasteiger partial charge in [-0.05, 0) is 36.5 Å². The molecule has 4 heteroatoms. The third-order valence-electron chi connectivity index (χ3n) is 3.12. The molecular formula is C15H20O4. The molecule has 0 aliphatic rings. The molecule has 0 aliphatic carbocycles. The van der Waals surface area contributed by atoms with Crippen LogP contribution < -0.4 is 4.74 Å². The fourth-order valence-electron chi connectivity index (χ4n) is 2.07. The van der Waals surface area contributed by atoms with Crippen LogP contribution in [0, 0.1) is 0 Å². The topological polar surface area (TPSA) is 52.6 Å². The second-order valence-electron chi connectivity index (χ2n) is 4.35. The Morgan fingerprint density at radius 1 is 1.21 bits per heavy atom. The molecule has 104 valence electrons. The second-order valence-corrected chi connectivity index (χ2v) is 4.35. The standard InChI is InChI=1S/C15H20O4/c1-5-11(6-2)12-7-8-13(15(17)18-4)14(9-12)19-10(3)16/h7-9,11H,5-6H2,1-4H3. The van der Waals surface area contributed by atoms with Crippen LogP contribution in [-0.2, 0) is 9.53 Å². The van der Waals surface area contributed by atoms with Gasteiger partial charge in [0, 0.05) is 6.92 Å². The van der Waals surface area contributed by atoms with Crippen molar-refractivity contribution in [2.24, 2.45) is 0 Å². The van der Waals surface area contributed by atoms with E-state index in [0.29, 0.717) is 5.92 Å². The summed E-state index contributed by atoms with van der Waals surface area (Å²) in [6.45, 7) is 5.52. The van der Waals surface area contributed by atoms with Gasteiger partial charge in [0.25, 0.3) is 0 Å². The van der Waals surface area contributed by atoms with Crippen LogP contribution in [0.25, 0.3) is 0 Å². The van der Waals surface area contributed by atoms with Crippen LogP contribution in [0.2, 0.25) is 0 Å². The Hall–Kier alpha value is -1.84. The van der Waals surface area contributed by atoms with Gasteiger partial charge in [0.1, 0.15) is 11.3 Å². The van der Waals surface area contributed by atoms with Crippen LogP contribution in [0.5, 0.6) is 5.75 Å². The number of carbonyl (C=O) groups is 2. The summed E-state index contributed by atoms with van der Waals surface area (Å²) in [5, 5.41) is 0. The molecular weight excluding hydrogens is 244 g/mol. The first-order valence-corrected chi connectivity index (χ1v) is 6.44. The molecule has 0 aromatic heterocycles. The van der Waals surface area contributed by atoms with Crippen LogP contribution in [0.4, 0.5) is 0 Å². The lowest BCUT2D eigenvalue weighted by molar-refractivity contribution is -0.131. The number of ether oxygens (including phenoxy) is 2. The minimum absolute atomic E-state index is 0.267. The number of rotatable bonds is 5. The third-order valence-corrected chi connectivity index (χ3v) is 3.12. The monoisotopic (exact) mass is 264 g/mol. The fourth-order valence-corrected chi connectivity index (χ4v) is 2.07. The van der Waals surface area contributed by atoms with Crippen molar-refractivity contribution in [1.29, 1.82) is 0 Å². The van der Waals surface area contributed by atoms with Crippen LogP contribution in [0.1, 0.15) is 55.5 Å². The first kappa shape index (κ1) is 15.2. The summed E-state index contributed by atoms with van der Waals surface area (Å²) in [7, 11) is 1.30. The van der Waals surface area contributed by atoms with E-state index in [1.807, 2.05) is 6.07 Å². The first-order chi connectivity index (χ1) is 9.03. The van der Waals surface area contributed by atoms with Crippen molar-refractivity contribution in [2.75, 3.05) is 7.11 Å². The molecule has 0 saturated heterocycles. The lowest BCUT2D eigenvalue weighted by atomic mass is 9.93. The van der Waals surface area contributed by atoms with Crippen molar-refractivity contribution >= 4 is 11.9 Å². The Balaban J connectivity index is 3.21. The lowest BCUT2D eigenvalue weighted by Gasteiger charge is -2.15. The van der Waals surface area contributed by atoms with Gasteiger partial charge >= 0.3 is 11.9 Å². The molecule has 4 nitrogen and oxygen atoms in total. The molecule has 0 fully saturated rings. The van der Waals surface area contributed by atoms with Gasteiger partial charge < -0.3 is 9.47 Å². The summed E-state index contributed by atoms with van der Waals surface area (Å²) in [6.07, 6.45) is 1.99. The molecule has 19 heavy (non-hydrogen) atoms. The molecule has 0 spiro atoms. The molecule has 1 rings (SSSR count). The zero-order valence-corrected chi connectivity index (χ0v) is 11.9. The zero-order chi connectivity index (χ0) is 14.4. The number of hydrogen-bond donors (Lipinski definition) is 0. The van der Waals surface area contributed by atoms with E-state index in [1.165, 1.54) is 14.0 Å². The van der Waals surface area contributed by atoms with Crippen molar-refractivity contribution in [3.8, 4) is 5.75 Å². The van der Waals surface area contributed by atoms with E-state index in [-0.39, 0.29) is 11.3 Å². The maximum absolute atomic E-state index is 11.6. The predicted molar refractivity (Wildman–Crippen MR) is 72.4 cm³/mol. The van der Waals surface area contributed by atoms with Gasteiger partial charge in [-0.15, -0.1) is 0 Å². The van der Waals surface area contributed by atoms with Crippen molar-refractivity contribution < 1.29 is 19.1 Å². The molecule has 0 heterocycles. The average Bonchev–Trinajstić information content (AvgIpc) is 2.39. The normalized spacial score (nSPS) is 10.4. The molecule has 1 aromatic carbocycles. The summed E-state index contributed by atoms with van der Waals surface area (Å²) >= 11 is 0. The number of esters is 2. The van der Waals surface area contributed by atoms with Crippen LogP contribution in [0.3, 0.4) is 0 Å². The highest BCUT2D eigenvalue weighted by Crippen LogP contribution is 2.29. The maximum Gasteiger partial charge on any atom is 0.341 e. The van der Waals surface area contributed by atoms with E-state index in [4.69, 9.17) is 4.74 Å². The summed E-state index contributed by atoms with van der Waals surface area (Å²) in [5.74, 6) is -0.302. The molecule has 0 atom stereocenters. The largest absolute Gasteiger partial charge is 0.465 e. The second kappa shape index (κ2) is 6.92. The van der Waals surface area contributed by atoms with E-state index in [9.17, 15) is 9.59 Å². The smallest absolute Gasteiger partial charge is 0.341 e. The van der Waals surface area contributed by atoms with Gasteiger partial charge in [0.15, 0.2) is 0 Å². The van der Waals surface area contributed by atoms with Gasteiger partial charge in [-0.25, -0.2) is 4.79 Å². The van der Waals surface area contributed by atoms with E-state index < -0.39 is 11.9 Å². The van der Waals surface area contributed by atoms with Crippen molar-refractivity contribution in [3.63, 3.8) is 0 Å². The molecule has 0 bridgehead atoms. The highest BCUT2D eigenvalue weighted by molar-refractivity contribution is 5.93. The zero-order valence-electron chi connectivity index (χ0n) is 11.9. The van der Waals surface area contributed by atoms with E-state index in [0.717, 1.165) is 18.4 Å². The Morgan fingerprint density at radius 2 is 1.84 bits per heavy atom. The Kier molecular flexibility index (Phi) is 5.55. The number of carbonyl (C=O) groups excluding carboxylic acids is 2. The Morgan fingerprint density at radius 3 is 2.32 bits per heavy atom. The highest BCUT2D eigenvalue weighted by atomic mass is 16.5. The molecule has 0 unspecified atom stereocenters. The van der Waals surface area contributed by atoms with Crippen LogP contribution in [-0.4, -0.2) is 19.0 Å². The summed E-state index contributed by atoms with van der Waals surface area (Å²) < 4.78 is 9.79. The van der Waals surface area contributed by atoms with Crippen molar-refractivity contribution in [2.45, 2.75) is 39.5 Å². The van der Waals surface area contributed by atoms with Crippen molar-refractivity contribution in [1.82, 2.24) is 0 Å². The number of hydrogen-bond acceptors (Lipinski definition) is 4. The SMILES string of the molecule is CCC(CC)c1ccc(C(=O)OC)c(OC(C)=O)c1. The minimum atomic E-state index is -0.507. The summed E-state index contributed by atoms with van der Waals surface area (Å²) in [5.41, 5.74) is 1.33. The maximum atomic E-state index is 11.6. The molecule has 1 aromatic rings. The van der Waals surface area contributed by atoms with Gasteiger partial charge in [-0.3, -0.25) is 4.79 Å². The molecule has 0 amide bonds. The lowest BCUT2D eigenvalue weighted by Crippen LogP contribution is -2.10. The average molecular weight is 264 g/mol. The molecule has 0 N–H and O–H groups in total. The molecule has 0 saturated carbocycles. The Labute approximate surface area is 113 Å². The van der Waals surface area contributed by atoms with Gasteiger partial charge in [-0.2, -0.15) is 0 Å². The minimum Gasteiger partial charge on any atom is -0.465 e. The van der Waals surface area contributed by atoms with Crippen molar-refractivity contribution in [3.05, 3.63) is 29.3 Å². The summed E-state index contributed by atoms with van der Waals surface area (Å²) in [4.78, 5) is 22.7. The fraction of sp³-hybridized carbons (Fsp3) is 0.467. The first-order valence-electron chi connectivity index (χ1n) is 6.44. The Bertz CT molecular complexity index is 461.